The smallest absolute Gasteiger partial charge is 0.412 e. The molecule has 1 aromatic carbocycles. The average Bonchev–Trinajstić information content (AvgIpc) is 3.24. The molecule has 3 N–H and O–H groups in total. The molecule has 2 amide bonds. The number of benzene rings is 1. The third-order valence-electron chi connectivity index (χ3n) is 12.4. The van der Waals surface area contributed by atoms with E-state index in [9.17, 15) is 19.8 Å². The van der Waals surface area contributed by atoms with Gasteiger partial charge in [0.15, 0.2) is 0 Å². The summed E-state index contributed by atoms with van der Waals surface area (Å²) in [6.45, 7) is 17.5. The van der Waals surface area contributed by atoms with E-state index in [-0.39, 0.29) is 50.6 Å². The van der Waals surface area contributed by atoms with Gasteiger partial charge in [-0.1, -0.05) is 102 Å². The number of nitrogens with zero attached hydrogens (tertiary/aromatic N) is 2. The molecule has 6 unspecified atom stereocenters. The lowest BCUT2D eigenvalue weighted by atomic mass is 9.55. The van der Waals surface area contributed by atoms with Crippen LogP contribution in [-0.2, 0) is 14.3 Å². The summed E-state index contributed by atoms with van der Waals surface area (Å²) >= 11 is 0. The van der Waals surface area contributed by atoms with Gasteiger partial charge in [-0.2, -0.15) is 0 Å². The number of aliphatic hydroxyl groups excluding tert-OH is 2. The van der Waals surface area contributed by atoms with Crippen molar-refractivity contribution in [1.82, 2.24) is 10.2 Å². The molecule has 1 fully saturated rings. The summed E-state index contributed by atoms with van der Waals surface area (Å²) in [5, 5.41) is 27.6. The fraction of sp³-hybridized carbons (Fsp3) is 0.740. The van der Waals surface area contributed by atoms with Gasteiger partial charge in [0, 0.05) is 44.2 Å². The Hall–Kier alpha value is -3.61. The van der Waals surface area contributed by atoms with Crippen molar-refractivity contribution in [2.24, 2.45) is 22.9 Å². The molecule has 350 valence electrons. The van der Waals surface area contributed by atoms with E-state index >= 15 is 0 Å². The number of nitrogens with one attached hydrogen (secondary N) is 1. The summed E-state index contributed by atoms with van der Waals surface area (Å²) in [4.78, 5) is 35.2. The highest BCUT2D eigenvalue weighted by atomic mass is 16.7. The predicted molar refractivity (Wildman–Crippen MR) is 246 cm³/mol. The number of amides is 2. The van der Waals surface area contributed by atoms with Gasteiger partial charge in [-0.15, -0.1) is 6.58 Å². The number of oxime groups is 1. The van der Waals surface area contributed by atoms with Gasteiger partial charge in [0.2, 0.25) is 5.79 Å². The molecule has 0 bridgehead atoms. The van der Waals surface area contributed by atoms with E-state index in [0.29, 0.717) is 43.9 Å². The highest BCUT2D eigenvalue weighted by Gasteiger charge is 2.65. The second-order valence-corrected chi connectivity index (χ2v) is 18.4. The number of aliphatic hydroxyl groups is 2. The molecule has 0 spiro atoms. The summed E-state index contributed by atoms with van der Waals surface area (Å²) < 4.78 is 25.9. The SMILES string of the molecule is C=CCOC12Oc3ccc(OC(=O)NCCCCCCCCCCCC)cc3C3C(CCCCO)C(CCCCO)C=C(C(=NOC(C)(C)C)CC1N(CCC)C(=O)OCC)C32. The first-order chi connectivity index (χ1) is 30.0. The van der Waals surface area contributed by atoms with E-state index in [1.54, 1.807) is 24.0 Å². The molecule has 3 aliphatic rings. The van der Waals surface area contributed by atoms with Crippen LogP contribution in [0.15, 0.2) is 47.7 Å². The number of hydrogen-bond acceptors (Lipinski definition) is 10. The van der Waals surface area contributed by atoms with Crippen molar-refractivity contribution < 1.29 is 43.6 Å². The lowest BCUT2D eigenvalue weighted by Gasteiger charge is -2.60. The van der Waals surface area contributed by atoms with Crippen LogP contribution in [0.3, 0.4) is 0 Å². The fourth-order valence-corrected chi connectivity index (χ4v) is 9.67. The molecular weight excluding hydrogens is 787 g/mol. The summed E-state index contributed by atoms with van der Waals surface area (Å²) in [6.07, 6.45) is 20.8. The number of hydrogen-bond donors (Lipinski definition) is 3. The Bertz CT molecular complexity index is 1590. The molecule has 12 heteroatoms. The Morgan fingerprint density at radius 3 is 2.24 bits per heavy atom. The lowest BCUT2D eigenvalue weighted by molar-refractivity contribution is -0.255. The van der Waals surface area contributed by atoms with E-state index in [0.717, 1.165) is 55.4 Å². The molecule has 0 radical (unpaired) electrons. The van der Waals surface area contributed by atoms with Crippen LogP contribution in [0.4, 0.5) is 9.59 Å². The zero-order chi connectivity index (χ0) is 45.0. The maximum Gasteiger partial charge on any atom is 0.412 e. The molecule has 1 heterocycles. The first-order valence-electron chi connectivity index (χ1n) is 24.1. The second-order valence-electron chi connectivity index (χ2n) is 18.4. The normalized spacial score (nSPS) is 23.4. The van der Waals surface area contributed by atoms with Crippen molar-refractivity contribution in [1.29, 1.82) is 0 Å². The standard InChI is InChI=1S/C50H81N3O9/c1-8-12-13-14-15-16-17-18-19-22-29-51-47(56)60-38-27-28-43-41(35-38)45-39(26-21-24-32-55)37(25-20-23-31-54)34-40-42(52-62-49(5,6)7)36-44(53(30-9-2)48(57)58-11-4)50(61-43,46(40)45)59-33-10-3/h10,27-28,34-35,37,39,44-46,54-55H,3,8-9,11-26,29-33,36H2,1-2,4-7H3,(H,51,56). The van der Waals surface area contributed by atoms with Gasteiger partial charge < -0.3 is 39.3 Å². The van der Waals surface area contributed by atoms with E-state index < -0.39 is 35.5 Å². The van der Waals surface area contributed by atoms with Crippen LogP contribution in [0, 0.1) is 17.8 Å². The zero-order valence-corrected chi connectivity index (χ0v) is 39.1. The van der Waals surface area contributed by atoms with Gasteiger partial charge >= 0.3 is 12.2 Å². The van der Waals surface area contributed by atoms with E-state index in [2.05, 4.69) is 24.9 Å². The number of unbranched alkanes of at least 4 members (excludes halogenated alkanes) is 11. The third-order valence-corrected chi connectivity index (χ3v) is 12.4. The predicted octanol–water partition coefficient (Wildman–Crippen LogP) is 11.0. The van der Waals surface area contributed by atoms with Gasteiger partial charge in [0.25, 0.3) is 0 Å². The average molecular weight is 868 g/mol. The van der Waals surface area contributed by atoms with Crippen molar-refractivity contribution in [2.75, 3.05) is 39.5 Å². The minimum absolute atomic E-state index is 0.0366. The summed E-state index contributed by atoms with van der Waals surface area (Å²) in [5.41, 5.74) is 1.96. The molecule has 4 rings (SSSR count). The molecule has 0 saturated heterocycles. The molecule has 12 nitrogen and oxygen atoms in total. The molecule has 62 heavy (non-hydrogen) atoms. The molecule has 1 aromatic rings. The summed E-state index contributed by atoms with van der Waals surface area (Å²) in [5.74, 6) is -0.999. The quantitative estimate of drug-likeness (QED) is 0.0425. The Morgan fingerprint density at radius 2 is 1.61 bits per heavy atom. The van der Waals surface area contributed by atoms with Crippen LogP contribution in [-0.4, -0.2) is 90.0 Å². The largest absolute Gasteiger partial charge is 0.459 e. The molecule has 0 aromatic heterocycles. The lowest BCUT2D eigenvalue weighted by Crippen LogP contribution is -2.70. The second kappa shape index (κ2) is 26.2. The van der Waals surface area contributed by atoms with Gasteiger partial charge in [-0.05, 0) is 102 Å². The highest BCUT2D eigenvalue weighted by molar-refractivity contribution is 6.03. The van der Waals surface area contributed by atoms with Crippen molar-refractivity contribution in [3.05, 3.63) is 48.1 Å². The molecular formula is C50H81N3O9. The van der Waals surface area contributed by atoms with E-state index in [4.69, 9.17) is 28.9 Å². The highest BCUT2D eigenvalue weighted by Crippen LogP contribution is 2.62. The Balaban J connectivity index is 1.78. The van der Waals surface area contributed by atoms with Crippen LogP contribution in [0.1, 0.15) is 169 Å². The number of fused-ring (bicyclic) bond motifs is 2. The first kappa shape index (κ1) is 51.0. The van der Waals surface area contributed by atoms with Crippen LogP contribution in [0.5, 0.6) is 11.5 Å². The van der Waals surface area contributed by atoms with Gasteiger partial charge in [0.1, 0.15) is 23.1 Å². The topological polar surface area (TPSA) is 148 Å². The monoisotopic (exact) mass is 868 g/mol. The summed E-state index contributed by atoms with van der Waals surface area (Å²) in [6, 6.07) is 4.89. The van der Waals surface area contributed by atoms with Crippen LogP contribution in [0.2, 0.25) is 0 Å². The van der Waals surface area contributed by atoms with Crippen molar-refractivity contribution >= 4 is 17.9 Å². The molecule has 2 aliphatic carbocycles. The number of rotatable bonds is 28. The van der Waals surface area contributed by atoms with Crippen molar-refractivity contribution in [3.8, 4) is 11.5 Å². The number of carbonyl (C=O) groups is 2. The van der Waals surface area contributed by atoms with E-state index in [1.165, 1.54) is 51.4 Å². The van der Waals surface area contributed by atoms with Crippen LogP contribution >= 0.6 is 0 Å². The molecule has 1 saturated carbocycles. The fourth-order valence-electron chi connectivity index (χ4n) is 9.67. The Morgan fingerprint density at radius 1 is 0.935 bits per heavy atom. The van der Waals surface area contributed by atoms with Crippen LogP contribution < -0.4 is 14.8 Å². The zero-order valence-electron chi connectivity index (χ0n) is 39.1. The minimum atomic E-state index is -1.39. The molecule has 1 aliphatic heterocycles. The number of carbonyl (C=O) groups excluding carboxylic acids is 2. The van der Waals surface area contributed by atoms with Crippen LogP contribution in [0.25, 0.3) is 0 Å². The van der Waals surface area contributed by atoms with Crippen molar-refractivity contribution in [3.63, 3.8) is 0 Å². The van der Waals surface area contributed by atoms with Gasteiger partial charge in [-0.3, -0.25) is 4.90 Å². The molecule has 6 atom stereocenters. The Labute approximate surface area is 373 Å². The van der Waals surface area contributed by atoms with Gasteiger partial charge in [-0.25, -0.2) is 9.59 Å². The van der Waals surface area contributed by atoms with Crippen molar-refractivity contribution in [2.45, 2.75) is 180 Å². The Kier molecular flexibility index (Phi) is 21.6. The maximum atomic E-state index is 14.0. The van der Waals surface area contributed by atoms with Gasteiger partial charge in [0.05, 0.1) is 24.8 Å². The third kappa shape index (κ3) is 14.2. The number of ether oxygens (including phenoxy) is 4. The first-order valence-corrected chi connectivity index (χ1v) is 24.1. The number of allylic oxidation sites excluding steroid dienone is 1. The van der Waals surface area contributed by atoms with E-state index in [1.807, 2.05) is 39.8 Å². The maximum absolute atomic E-state index is 14.0. The summed E-state index contributed by atoms with van der Waals surface area (Å²) in [7, 11) is 0. The minimum Gasteiger partial charge on any atom is -0.459 e.